The Morgan fingerprint density at radius 1 is 1.11 bits per heavy atom. The van der Waals surface area contributed by atoms with Crippen LogP contribution in [0.4, 0.5) is 18.9 Å². The van der Waals surface area contributed by atoms with Crippen molar-refractivity contribution in [3.8, 4) is 11.5 Å². The molecule has 3 aliphatic carbocycles. The average Bonchev–Trinajstić information content (AvgIpc) is 3.45. The Morgan fingerprint density at radius 3 is 2.54 bits per heavy atom. The van der Waals surface area contributed by atoms with E-state index in [0.29, 0.717) is 30.3 Å². The van der Waals surface area contributed by atoms with E-state index in [0.717, 1.165) is 54.5 Å². The van der Waals surface area contributed by atoms with E-state index in [1.807, 2.05) is 18.2 Å². The lowest BCUT2D eigenvalue weighted by molar-refractivity contribution is -0.174. The SMILES string of the molecule is COCCOP(O)(=S)Oc1ccc2c(c1)C1(CCC(C(=O)OC)(N(C(=O)C(F)(F)F)c3cccc(Cl)c3)CC1)[C@@H](C[C@@H](C)COc1ccnc3c1[C@H](C)CCC3)C2. The molecular formula is C41H49ClF3N2O8PS. The van der Waals surface area contributed by atoms with E-state index < -0.39 is 35.7 Å². The van der Waals surface area contributed by atoms with Crippen molar-refractivity contribution in [3.63, 3.8) is 0 Å². The number of halogens is 4. The number of hydrogen-bond acceptors (Lipinski definition) is 9. The lowest BCUT2D eigenvalue weighted by Crippen LogP contribution is -2.63. The quantitative estimate of drug-likeness (QED) is 0.0957. The standard InChI is InChI=1S/C41H49ClF3N2O8PS/c1-26(25-53-35-13-18-46-34-10-5-7-27(2)36(34)35)21-29-22-28-11-12-32(55-56(50,57)54-20-19-51-3)24-33(28)39(29)14-16-40(17-15-39,38(49)52-4)47(37(48)41(43,44)45)31-9-6-8-30(42)23-31/h6,8-9,11-13,18,23-24,26-27,29H,5,7,10,14-17,19-22,25H2,1-4H3,(H,50,57)/t26-,27-,29+,39?,40?,56?/m1/s1. The van der Waals surface area contributed by atoms with Crippen LogP contribution in [-0.2, 0) is 53.7 Å². The molecule has 4 atom stereocenters. The van der Waals surface area contributed by atoms with Crippen LogP contribution in [-0.4, -0.2) is 67.5 Å². The molecule has 1 amide bonds. The number of carbonyl (C=O) groups is 2. The zero-order valence-corrected chi connectivity index (χ0v) is 34.9. The summed E-state index contributed by atoms with van der Waals surface area (Å²) in [7, 11) is 2.60. The van der Waals surface area contributed by atoms with Crippen LogP contribution in [0.2, 0.25) is 5.02 Å². The van der Waals surface area contributed by atoms with E-state index in [-0.39, 0.29) is 67.2 Å². The van der Waals surface area contributed by atoms with Gasteiger partial charge in [-0.3, -0.25) is 19.2 Å². The second kappa shape index (κ2) is 17.5. The molecule has 3 aromatic rings. The number of carbonyl (C=O) groups excluding carboxylic acids is 2. The van der Waals surface area contributed by atoms with E-state index in [4.69, 9.17) is 46.7 Å². The van der Waals surface area contributed by atoms with Gasteiger partial charge in [0, 0.05) is 47.1 Å². The molecule has 1 spiro atoms. The predicted octanol–water partition coefficient (Wildman–Crippen LogP) is 9.03. The van der Waals surface area contributed by atoms with Crippen molar-refractivity contribution in [1.29, 1.82) is 0 Å². The van der Waals surface area contributed by atoms with Crippen LogP contribution in [0.5, 0.6) is 11.5 Å². The van der Waals surface area contributed by atoms with Gasteiger partial charge in [-0.05, 0) is 128 Å². The van der Waals surface area contributed by atoms with Gasteiger partial charge in [-0.1, -0.05) is 37.6 Å². The second-order valence-electron chi connectivity index (χ2n) is 15.5. The maximum atomic E-state index is 14.4. The number of methoxy groups -OCH3 is 2. The molecule has 1 aromatic heterocycles. The number of pyridine rings is 1. The summed E-state index contributed by atoms with van der Waals surface area (Å²) in [6.07, 6.45) is 1.08. The highest BCUT2D eigenvalue weighted by molar-refractivity contribution is 8.07. The minimum Gasteiger partial charge on any atom is -0.493 e. The fourth-order valence-corrected chi connectivity index (χ4v) is 10.7. The molecule has 16 heteroatoms. The number of nitrogens with zero attached hydrogens (tertiary/aromatic N) is 2. The molecule has 1 saturated carbocycles. The number of benzene rings is 2. The maximum absolute atomic E-state index is 14.4. The molecule has 1 unspecified atom stereocenters. The molecule has 6 rings (SSSR count). The highest BCUT2D eigenvalue weighted by Gasteiger charge is 2.60. The predicted molar refractivity (Wildman–Crippen MR) is 213 cm³/mol. The number of ether oxygens (including phenoxy) is 3. The number of anilines is 1. The average molecular weight is 853 g/mol. The molecule has 3 aliphatic rings. The highest BCUT2D eigenvalue weighted by Crippen LogP contribution is 2.58. The summed E-state index contributed by atoms with van der Waals surface area (Å²) in [6.45, 7) is 1.25. The van der Waals surface area contributed by atoms with Crippen LogP contribution < -0.4 is 14.2 Å². The van der Waals surface area contributed by atoms with Crippen molar-refractivity contribution >= 4 is 47.7 Å². The normalized spacial score (nSPS) is 24.5. The Balaban J connectivity index is 1.35. The Morgan fingerprint density at radius 2 is 1.86 bits per heavy atom. The molecule has 0 bridgehead atoms. The van der Waals surface area contributed by atoms with Gasteiger partial charge >= 0.3 is 24.8 Å². The van der Waals surface area contributed by atoms with Crippen molar-refractivity contribution in [1.82, 2.24) is 4.98 Å². The smallest absolute Gasteiger partial charge is 0.471 e. The number of aryl methyl sites for hydroxylation is 1. The lowest BCUT2D eigenvalue weighted by Gasteiger charge is -2.51. The number of fused-ring (bicyclic) bond motifs is 3. The van der Waals surface area contributed by atoms with E-state index in [2.05, 4.69) is 18.8 Å². The van der Waals surface area contributed by atoms with E-state index in [9.17, 15) is 27.7 Å². The van der Waals surface area contributed by atoms with Crippen LogP contribution in [0.3, 0.4) is 0 Å². The summed E-state index contributed by atoms with van der Waals surface area (Å²) in [6, 6.07) is 12.9. The fraction of sp³-hybridized carbons (Fsp3) is 0.537. The lowest BCUT2D eigenvalue weighted by atomic mass is 9.59. The summed E-state index contributed by atoms with van der Waals surface area (Å²) in [5, 5.41) is 0.103. The molecule has 310 valence electrons. The first-order valence-electron chi connectivity index (χ1n) is 19.2. The topological polar surface area (TPSA) is 117 Å². The van der Waals surface area contributed by atoms with Gasteiger partial charge in [0.15, 0.2) is 0 Å². The maximum Gasteiger partial charge on any atom is 0.471 e. The summed E-state index contributed by atoms with van der Waals surface area (Å²) in [5.74, 6) is -1.66. The second-order valence-corrected chi connectivity index (χ2v) is 18.7. The van der Waals surface area contributed by atoms with Crippen LogP contribution in [0.1, 0.15) is 87.1 Å². The number of rotatable bonds is 14. The number of amides is 1. The molecule has 0 saturated heterocycles. The summed E-state index contributed by atoms with van der Waals surface area (Å²) in [5.41, 5.74) is 1.31. The zero-order valence-electron chi connectivity index (χ0n) is 32.5. The fourth-order valence-electron chi connectivity index (χ4n) is 9.29. The molecular weight excluding hydrogens is 804 g/mol. The first-order valence-corrected chi connectivity index (χ1v) is 22.2. The first kappa shape index (κ1) is 43.3. The molecule has 0 aliphatic heterocycles. The van der Waals surface area contributed by atoms with Crippen molar-refractivity contribution in [2.24, 2.45) is 11.8 Å². The van der Waals surface area contributed by atoms with Crippen molar-refractivity contribution in [2.75, 3.05) is 38.9 Å². The molecule has 1 heterocycles. The molecule has 1 fully saturated rings. The van der Waals surface area contributed by atoms with Crippen molar-refractivity contribution in [3.05, 3.63) is 82.1 Å². The Bertz CT molecular complexity index is 2000. The van der Waals surface area contributed by atoms with Crippen molar-refractivity contribution < 1.29 is 50.9 Å². The number of esters is 1. The third-order valence-corrected chi connectivity index (χ3v) is 13.6. The summed E-state index contributed by atoms with van der Waals surface area (Å²) >= 11 is 11.5. The van der Waals surface area contributed by atoms with Gasteiger partial charge in [-0.25, -0.2) is 4.79 Å². The third kappa shape index (κ3) is 9.16. The van der Waals surface area contributed by atoms with Crippen LogP contribution in [0, 0.1) is 11.8 Å². The number of alkyl halides is 3. The van der Waals surface area contributed by atoms with Gasteiger partial charge < -0.3 is 23.6 Å². The van der Waals surface area contributed by atoms with Gasteiger partial charge in [0.25, 0.3) is 0 Å². The third-order valence-electron chi connectivity index (χ3n) is 11.9. The Labute approximate surface area is 341 Å². The summed E-state index contributed by atoms with van der Waals surface area (Å²) < 4.78 is 71.2. The molecule has 0 radical (unpaired) electrons. The minimum atomic E-state index is -5.30. The Hall–Kier alpha value is -3.26. The van der Waals surface area contributed by atoms with Gasteiger partial charge in [-0.15, -0.1) is 0 Å². The zero-order chi connectivity index (χ0) is 41.2. The van der Waals surface area contributed by atoms with E-state index in [1.54, 1.807) is 12.3 Å². The van der Waals surface area contributed by atoms with Gasteiger partial charge in [-0.2, -0.15) is 13.2 Å². The molecule has 10 nitrogen and oxygen atoms in total. The molecule has 1 N–H and O–H groups in total. The van der Waals surface area contributed by atoms with Crippen molar-refractivity contribution in [2.45, 2.75) is 94.7 Å². The number of hydrogen-bond donors (Lipinski definition) is 1. The van der Waals surface area contributed by atoms with Gasteiger partial charge in [0.1, 0.15) is 17.0 Å². The van der Waals surface area contributed by atoms with E-state index >= 15 is 0 Å². The Kier molecular flexibility index (Phi) is 13.3. The van der Waals surface area contributed by atoms with Crippen LogP contribution >= 0.6 is 18.3 Å². The largest absolute Gasteiger partial charge is 0.493 e. The van der Waals surface area contributed by atoms with Gasteiger partial charge in [0.2, 0.25) is 0 Å². The van der Waals surface area contributed by atoms with Crippen LogP contribution in [0.25, 0.3) is 0 Å². The number of aromatic nitrogens is 1. The summed E-state index contributed by atoms with van der Waals surface area (Å²) in [4.78, 5) is 43.2. The molecule has 57 heavy (non-hydrogen) atoms. The monoisotopic (exact) mass is 852 g/mol. The minimum absolute atomic E-state index is 0.0256. The van der Waals surface area contributed by atoms with E-state index in [1.165, 1.54) is 31.4 Å². The first-order chi connectivity index (χ1) is 27.0. The van der Waals surface area contributed by atoms with Gasteiger partial charge in [0.05, 0.1) is 26.9 Å². The van der Waals surface area contributed by atoms with Crippen LogP contribution in [0.15, 0.2) is 54.7 Å². The molecule has 2 aromatic carbocycles. The highest BCUT2D eigenvalue weighted by atomic mass is 35.5.